The molecule has 0 spiro atoms. The summed E-state index contributed by atoms with van der Waals surface area (Å²) in [6.07, 6.45) is 1.98. The van der Waals surface area contributed by atoms with Crippen molar-refractivity contribution in [3.63, 3.8) is 0 Å². The predicted octanol–water partition coefficient (Wildman–Crippen LogP) is 2.90. The summed E-state index contributed by atoms with van der Waals surface area (Å²) < 4.78 is 0. The van der Waals surface area contributed by atoms with Gasteiger partial charge in [0.25, 0.3) is 0 Å². The highest BCUT2D eigenvalue weighted by Gasteiger charge is 2.13. The number of rotatable bonds is 3. The molecule has 0 saturated carbocycles. The van der Waals surface area contributed by atoms with Crippen molar-refractivity contribution in [3.8, 4) is 0 Å². The number of halogens is 1. The Hall–Kier alpha value is -2.40. The normalized spacial score (nSPS) is 10.8. The third-order valence-corrected chi connectivity index (χ3v) is 3.17. The summed E-state index contributed by atoms with van der Waals surface area (Å²) in [4.78, 5) is 22.5. The molecule has 0 aliphatic rings. The second kappa shape index (κ2) is 4.94. The topological polar surface area (TPSA) is 78.9 Å². The number of nitrogens with zero attached hydrogens (tertiary/aromatic N) is 2. The first-order valence-electron chi connectivity index (χ1n) is 5.95. The van der Waals surface area contributed by atoms with Crippen LogP contribution in [0.25, 0.3) is 11.2 Å². The third-order valence-electron chi connectivity index (χ3n) is 2.93. The van der Waals surface area contributed by atoms with E-state index in [1.807, 2.05) is 18.2 Å². The van der Waals surface area contributed by atoms with Crippen molar-refractivity contribution < 1.29 is 9.90 Å². The van der Waals surface area contributed by atoms with Crippen molar-refractivity contribution in [3.05, 3.63) is 58.5 Å². The number of imidazole rings is 1. The van der Waals surface area contributed by atoms with E-state index in [-0.39, 0.29) is 5.56 Å². The van der Waals surface area contributed by atoms with Gasteiger partial charge in [-0.2, -0.15) is 0 Å². The molecule has 3 rings (SSSR count). The Balaban J connectivity index is 2.01. The maximum Gasteiger partial charge on any atom is 0.338 e. The molecule has 1 aromatic carbocycles. The molecule has 3 aromatic rings. The lowest BCUT2D eigenvalue weighted by Crippen LogP contribution is -1.97. The lowest BCUT2D eigenvalue weighted by Gasteiger charge is -1.98. The van der Waals surface area contributed by atoms with E-state index in [9.17, 15) is 4.79 Å². The SMILES string of the molecule is O=C(O)c1ccnc2nc(Cc3cccc(Cl)c3)[nH]c12. The summed E-state index contributed by atoms with van der Waals surface area (Å²) >= 11 is 5.94. The number of aromatic nitrogens is 3. The van der Waals surface area contributed by atoms with Crippen LogP contribution in [0.2, 0.25) is 5.02 Å². The molecule has 20 heavy (non-hydrogen) atoms. The molecule has 0 aliphatic carbocycles. The van der Waals surface area contributed by atoms with E-state index >= 15 is 0 Å². The molecule has 6 heteroatoms. The molecule has 0 unspecified atom stereocenters. The van der Waals surface area contributed by atoms with Crippen LogP contribution in [0.3, 0.4) is 0 Å². The van der Waals surface area contributed by atoms with Gasteiger partial charge in [-0.3, -0.25) is 0 Å². The molecule has 100 valence electrons. The van der Waals surface area contributed by atoms with Crippen molar-refractivity contribution in [2.45, 2.75) is 6.42 Å². The summed E-state index contributed by atoms with van der Waals surface area (Å²) in [5.74, 6) is -0.348. The number of carboxylic acid groups (broad SMARTS) is 1. The average Bonchev–Trinajstić information content (AvgIpc) is 2.80. The van der Waals surface area contributed by atoms with Gasteiger partial charge in [0.05, 0.1) is 11.1 Å². The number of hydrogen-bond donors (Lipinski definition) is 2. The molecule has 2 aromatic heterocycles. The average molecular weight is 288 g/mol. The minimum absolute atomic E-state index is 0.167. The molecule has 5 nitrogen and oxygen atoms in total. The van der Waals surface area contributed by atoms with Gasteiger partial charge in [0.1, 0.15) is 5.82 Å². The first-order chi connectivity index (χ1) is 9.63. The summed E-state index contributed by atoms with van der Waals surface area (Å²) in [6.45, 7) is 0. The zero-order valence-electron chi connectivity index (χ0n) is 10.3. The molecule has 0 fully saturated rings. The monoisotopic (exact) mass is 287 g/mol. The summed E-state index contributed by atoms with van der Waals surface area (Å²) in [6, 6.07) is 8.89. The summed E-state index contributed by atoms with van der Waals surface area (Å²) in [5.41, 5.74) is 2.01. The van der Waals surface area contributed by atoms with Crippen LogP contribution >= 0.6 is 11.6 Å². The van der Waals surface area contributed by atoms with Gasteiger partial charge < -0.3 is 10.1 Å². The van der Waals surface area contributed by atoms with E-state index in [2.05, 4.69) is 15.0 Å². The minimum atomic E-state index is -1.00. The minimum Gasteiger partial charge on any atom is -0.478 e. The zero-order valence-corrected chi connectivity index (χ0v) is 11.1. The maximum absolute atomic E-state index is 11.1. The zero-order chi connectivity index (χ0) is 14.1. The number of aromatic carboxylic acids is 1. The van der Waals surface area contributed by atoms with Gasteiger partial charge >= 0.3 is 5.97 Å². The van der Waals surface area contributed by atoms with E-state index in [1.165, 1.54) is 12.3 Å². The highest BCUT2D eigenvalue weighted by atomic mass is 35.5. The number of pyridine rings is 1. The Morgan fingerprint density at radius 1 is 1.35 bits per heavy atom. The Morgan fingerprint density at radius 3 is 2.95 bits per heavy atom. The number of carboxylic acids is 1. The Kier molecular flexibility index (Phi) is 3.12. The van der Waals surface area contributed by atoms with E-state index in [0.717, 1.165) is 5.56 Å². The Labute approximate surface area is 119 Å². The van der Waals surface area contributed by atoms with Crippen molar-refractivity contribution in [2.24, 2.45) is 0 Å². The number of aromatic amines is 1. The first kappa shape index (κ1) is 12.6. The van der Waals surface area contributed by atoms with Crippen LogP contribution in [0.5, 0.6) is 0 Å². The summed E-state index contributed by atoms with van der Waals surface area (Å²) in [7, 11) is 0. The lowest BCUT2D eigenvalue weighted by molar-refractivity contribution is 0.0698. The molecular weight excluding hydrogens is 278 g/mol. The molecule has 2 N–H and O–H groups in total. The molecule has 0 saturated heterocycles. The number of hydrogen-bond acceptors (Lipinski definition) is 3. The fourth-order valence-corrected chi connectivity index (χ4v) is 2.27. The maximum atomic E-state index is 11.1. The number of H-pyrrole nitrogens is 1. The standard InChI is InChI=1S/C14H10ClN3O2/c15-9-3-1-2-8(6-9)7-11-17-12-10(14(19)20)4-5-16-13(12)18-11/h1-6H,7H2,(H,19,20)(H,16,17,18). The predicted molar refractivity (Wildman–Crippen MR) is 75.1 cm³/mol. The van der Waals surface area contributed by atoms with E-state index < -0.39 is 5.97 Å². The Morgan fingerprint density at radius 2 is 2.20 bits per heavy atom. The van der Waals surface area contributed by atoms with Gasteiger partial charge in [0, 0.05) is 17.6 Å². The van der Waals surface area contributed by atoms with Crippen molar-refractivity contribution >= 4 is 28.7 Å². The largest absolute Gasteiger partial charge is 0.478 e. The molecule has 0 atom stereocenters. The van der Waals surface area contributed by atoms with Gasteiger partial charge in [-0.1, -0.05) is 23.7 Å². The van der Waals surface area contributed by atoms with Crippen molar-refractivity contribution in [1.29, 1.82) is 0 Å². The van der Waals surface area contributed by atoms with Crippen LogP contribution in [0.15, 0.2) is 36.5 Å². The highest BCUT2D eigenvalue weighted by Crippen LogP contribution is 2.17. The quantitative estimate of drug-likeness (QED) is 0.776. The second-order valence-electron chi connectivity index (χ2n) is 4.35. The van der Waals surface area contributed by atoms with E-state index in [1.54, 1.807) is 6.07 Å². The van der Waals surface area contributed by atoms with Gasteiger partial charge in [-0.15, -0.1) is 0 Å². The molecule has 2 heterocycles. The van der Waals surface area contributed by atoms with Crippen LogP contribution in [0.4, 0.5) is 0 Å². The number of nitrogens with one attached hydrogen (secondary N) is 1. The third kappa shape index (κ3) is 2.35. The molecular formula is C14H10ClN3O2. The van der Waals surface area contributed by atoms with Crippen LogP contribution < -0.4 is 0 Å². The highest BCUT2D eigenvalue weighted by molar-refractivity contribution is 6.30. The van der Waals surface area contributed by atoms with Gasteiger partial charge in [0.2, 0.25) is 0 Å². The van der Waals surface area contributed by atoms with Gasteiger partial charge in [-0.25, -0.2) is 14.8 Å². The number of fused-ring (bicyclic) bond motifs is 1. The van der Waals surface area contributed by atoms with Crippen LogP contribution in [0.1, 0.15) is 21.7 Å². The Bertz CT molecular complexity index is 798. The molecule has 0 bridgehead atoms. The molecule has 0 aliphatic heterocycles. The van der Waals surface area contributed by atoms with Crippen LogP contribution in [0, 0.1) is 0 Å². The fourth-order valence-electron chi connectivity index (χ4n) is 2.06. The van der Waals surface area contributed by atoms with E-state index in [0.29, 0.717) is 28.4 Å². The second-order valence-corrected chi connectivity index (χ2v) is 4.79. The van der Waals surface area contributed by atoms with Gasteiger partial charge in [0.15, 0.2) is 5.65 Å². The summed E-state index contributed by atoms with van der Waals surface area (Å²) in [5, 5.41) is 9.78. The van der Waals surface area contributed by atoms with E-state index in [4.69, 9.17) is 16.7 Å². The van der Waals surface area contributed by atoms with Crippen LogP contribution in [-0.4, -0.2) is 26.0 Å². The molecule has 0 amide bonds. The van der Waals surface area contributed by atoms with Gasteiger partial charge in [-0.05, 0) is 23.8 Å². The number of benzene rings is 1. The molecule has 0 radical (unpaired) electrons. The number of carbonyl (C=O) groups is 1. The van der Waals surface area contributed by atoms with Crippen LogP contribution in [-0.2, 0) is 6.42 Å². The lowest BCUT2D eigenvalue weighted by atomic mass is 10.1. The first-order valence-corrected chi connectivity index (χ1v) is 6.32. The fraction of sp³-hybridized carbons (Fsp3) is 0.0714. The van der Waals surface area contributed by atoms with Crippen molar-refractivity contribution in [2.75, 3.05) is 0 Å². The smallest absolute Gasteiger partial charge is 0.338 e. The van der Waals surface area contributed by atoms with Crippen molar-refractivity contribution in [1.82, 2.24) is 15.0 Å².